The van der Waals surface area contributed by atoms with Gasteiger partial charge in [-0.15, -0.1) is 0 Å². The highest BCUT2D eigenvalue weighted by atomic mass is 16.2. The highest BCUT2D eigenvalue weighted by Gasteiger charge is 2.22. The summed E-state index contributed by atoms with van der Waals surface area (Å²) in [4.78, 5) is 30.7. The molecule has 3 heterocycles. The summed E-state index contributed by atoms with van der Waals surface area (Å²) >= 11 is 0. The van der Waals surface area contributed by atoms with E-state index in [9.17, 15) is 9.59 Å². The molecular weight excluding hydrogens is 404 g/mol. The van der Waals surface area contributed by atoms with E-state index in [4.69, 9.17) is 5.73 Å². The van der Waals surface area contributed by atoms with E-state index in [1.807, 2.05) is 49.4 Å². The Balaban J connectivity index is 1.31. The molecule has 1 aromatic carbocycles. The standard InChI is InChI=1S/C24H28N6O2/c1-17-21(16-27-30(17)22-4-2-3-12-26-22)24(32)28-20-7-5-18(6-8-20)9-13-29-14-10-19(11-15-29)23(25)31/h2-8,12,16,19H,9-11,13-15H2,1H3,(H2,25,31)(H,28,32). The second-order valence-corrected chi connectivity index (χ2v) is 8.16. The van der Waals surface area contributed by atoms with Gasteiger partial charge < -0.3 is 16.0 Å². The molecule has 0 spiro atoms. The van der Waals surface area contributed by atoms with Crippen molar-refractivity contribution in [3.05, 3.63) is 71.7 Å². The van der Waals surface area contributed by atoms with E-state index >= 15 is 0 Å². The summed E-state index contributed by atoms with van der Waals surface area (Å²) in [5.74, 6) is 0.317. The van der Waals surface area contributed by atoms with Gasteiger partial charge in [-0.3, -0.25) is 9.59 Å². The first-order valence-corrected chi connectivity index (χ1v) is 10.9. The quantitative estimate of drug-likeness (QED) is 0.597. The molecule has 0 atom stereocenters. The van der Waals surface area contributed by atoms with E-state index < -0.39 is 0 Å². The molecule has 0 saturated carbocycles. The highest BCUT2D eigenvalue weighted by molar-refractivity contribution is 6.04. The minimum absolute atomic E-state index is 0.0221. The van der Waals surface area contributed by atoms with Crippen LogP contribution in [0.2, 0.25) is 0 Å². The maximum Gasteiger partial charge on any atom is 0.259 e. The average molecular weight is 433 g/mol. The van der Waals surface area contributed by atoms with E-state index in [0.29, 0.717) is 11.4 Å². The number of nitrogens with zero attached hydrogens (tertiary/aromatic N) is 4. The molecule has 3 aromatic rings. The number of hydrogen-bond acceptors (Lipinski definition) is 5. The molecule has 2 aromatic heterocycles. The Morgan fingerprint density at radius 1 is 1.12 bits per heavy atom. The highest BCUT2D eigenvalue weighted by Crippen LogP contribution is 2.18. The van der Waals surface area contributed by atoms with Crippen molar-refractivity contribution >= 4 is 17.5 Å². The molecule has 4 rings (SSSR count). The zero-order valence-corrected chi connectivity index (χ0v) is 18.2. The number of piperidine rings is 1. The number of aromatic nitrogens is 3. The minimum atomic E-state index is -0.199. The molecule has 0 unspecified atom stereocenters. The molecule has 0 radical (unpaired) electrons. The van der Waals surface area contributed by atoms with Crippen LogP contribution in [0.3, 0.4) is 0 Å². The van der Waals surface area contributed by atoms with Crippen LogP contribution in [0.25, 0.3) is 5.82 Å². The molecule has 1 aliphatic rings. The zero-order valence-electron chi connectivity index (χ0n) is 18.2. The van der Waals surface area contributed by atoms with Crippen LogP contribution in [0, 0.1) is 12.8 Å². The van der Waals surface area contributed by atoms with Crippen molar-refractivity contribution in [2.45, 2.75) is 26.2 Å². The number of carbonyl (C=O) groups is 2. The topological polar surface area (TPSA) is 106 Å². The van der Waals surface area contributed by atoms with Crippen LogP contribution in [0.5, 0.6) is 0 Å². The zero-order chi connectivity index (χ0) is 22.5. The van der Waals surface area contributed by atoms with Crippen molar-refractivity contribution in [1.82, 2.24) is 19.7 Å². The van der Waals surface area contributed by atoms with Crippen LogP contribution < -0.4 is 11.1 Å². The van der Waals surface area contributed by atoms with Gasteiger partial charge in [0.15, 0.2) is 5.82 Å². The lowest BCUT2D eigenvalue weighted by atomic mass is 9.96. The SMILES string of the molecule is Cc1c(C(=O)Nc2ccc(CCN3CCC(C(N)=O)CC3)cc2)cnn1-c1ccccn1. The second kappa shape index (κ2) is 9.74. The molecule has 3 N–H and O–H groups in total. The van der Waals surface area contributed by atoms with Gasteiger partial charge in [0.05, 0.1) is 17.5 Å². The number of hydrogen-bond donors (Lipinski definition) is 2. The van der Waals surface area contributed by atoms with Gasteiger partial charge in [0.25, 0.3) is 5.91 Å². The maximum absolute atomic E-state index is 12.7. The summed E-state index contributed by atoms with van der Waals surface area (Å²) in [5, 5.41) is 7.25. The van der Waals surface area contributed by atoms with Crippen LogP contribution in [0.15, 0.2) is 54.9 Å². The monoisotopic (exact) mass is 432 g/mol. The van der Waals surface area contributed by atoms with Gasteiger partial charge in [-0.25, -0.2) is 9.67 Å². The van der Waals surface area contributed by atoms with Gasteiger partial charge >= 0.3 is 0 Å². The molecule has 8 heteroatoms. The van der Waals surface area contributed by atoms with Crippen LogP contribution in [-0.4, -0.2) is 51.1 Å². The molecular formula is C24H28N6O2. The number of amides is 2. The van der Waals surface area contributed by atoms with Crippen LogP contribution in [0.4, 0.5) is 5.69 Å². The summed E-state index contributed by atoms with van der Waals surface area (Å²) in [6, 6.07) is 13.5. The second-order valence-electron chi connectivity index (χ2n) is 8.16. The van der Waals surface area contributed by atoms with E-state index in [2.05, 4.69) is 20.3 Å². The van der Waals surface area contributed by atoms with Crippen molar-refractivity contribution < 1.29 is 9.59 Å². The van der Waals surface area contributed by atoms with Gasteiger partial charge in [-0.05, 0) is 69.1 Å². The first kappa shape index (κ1) is 21.7. The smallest absolute Gasteiger partial charge is 0.259 e. The number of carbonyl (C=O) groups excluding carboxylic acids is 2. The number of nitrogens with two attached hydrogens (primary N) is 1. The van der Waals surface area contributed by atoms with Crippen molar-refractivity contribution in [2.24, 2.45) is 11.7 Å². The van der Waals surface area contributed by atoms with Gasteiger partial charge in [0, 0.05) is 24.3 Å². The van der Waals surface area contributed by atoms with Crippen molar-refractivity contribution in [2.75, 3.05) is 25.0 Å². The van der Waals surface area contributed by atoms with E-state index in [1.54, 1.807) is 17.1 Å². The van der Waals surface area contributed by atoms with Crippen molar-refractivity contribution in [3.63, 3.8) is 0 Å². The molecule has 1 saturated heterocycles. The van der Waals surface area contributed by atoms with E-state index in [0.717, 1.165) is 50.3 Å². The summed E-state index contributed by atoms with van der Waals surface area (Å²) in [6.45, 7) is 4.62. The largest absolute Gasteiger partial charge is 0.369 e. The van der Waals surface area contributed by atoms with Gasteiger partial charge in [0.1, 0.15) is 0 Å². The van der Waals surface area contributed by atoms with Gasteiger partial charge in [0.2, 0.25) is 5.91 Å². The third-order valence-electron chi connectivity index (χ3n) is 6.04. The van der Waals surface area contributed by atoms with Gasteiger partial charge in [-0.2, -0.15) is 5.10 Å². The lowest BCUT2D eigenvalue weighted by Crippen LogP contribution is -2.39. The fourth-order valence-electron chi connectivity index (χ4n) is 4.02. The number of primary amides is 1. The third-order valence-corrected chi connectivity index (χ3v) is 6.04. The number of likely N-dealkylation sites (tertiary alicyclic amines) is 1. The molecule has 8 nitrogen and oxygen atoms in total. The normalized spacial score (nSPS) is 14.9. The average Bonchev–Trinajstić information content (AvgIpc) is 3.21. The Kier molecular flexibility index (Phi) is 6.61. The summed E-state index contributed by atoms with van der Waals surface area (Å²) in [5.41, 5.74) is 8.60. The van der Waals surface area contributed by atoms with Crippen LogP contribution in [0.1, 0.15) is 34.5 Å². The van der Waals surface area contributed by atoms with Gasteiger partial charge in [-0.1, -0.05) is 18.2 Å². The molecule has 1 fully saturated rings. The third kappa shape index (κ3) is 5.03. The number of nitrogens with one attached hydrogen (secondary N) is 1. The Morgan fingerprint density at radius 3 is 2.53 bits per heavy atom. The van der Waals surface area contributed by atoms with Crippen molar-refractivity contribution in [1.29, 1.82) is 0 Å². The molecule has 0 aliphatic carbocycles. The predicted molar refractivity (Wildman–Crippen MR) is 123 cm³/mol. The predicted octanol–water partition coefficient (Wildman–Crippen LogP) is 2.57. The fraction of sp³-hybridized carbons (Fsp3) is 0.333. The summed E-state index contributed by atoms with van der Waals surface area (Å²) < 4.78 is 1.66. The molecule has 32 heavy (non-hydrogen) atoms. The maximum atomic E-state index is 12.7. The minimum Gasteiger partial charge on any atom is -0.369 e. The first-order valence-electron chi connectivity index (χ1n) is 10.9. The fourth-order valence-corrected chi connectivity index (χ4v) is 4.02. The summed E-state index contributed by atoms with van der Waals surface area (Å²) in [6.07, 6.45) is 5.87. The van der Waals surface area contributed by atoms with E-state index in [1.165, 1.54) is 5.56 Å². The van der Waals surface area contributed by atoms with Crippen LogP contribution in [-0.2, 0) is 11.2 Å². The number of rotatable bonds is 7. The lowest BCUT2D eigenvalue weighted by Gasteiger charge is -2.30. The lowest BCUT2D eigenvalue weighted by molar-refractivity contribution is -0.123. The first-order chi connectivity index (χ1) is 15.5. The van der Waals surface area contributed by atoms with E-state index in [-0.39, 0.29) is 17.7 Å². The molecule has 1 aliphatic heterocycles. The number of pyridine rings is 1. The van der Waals surface area contributed by atoms with Crippen LogP contribution >= 0.6 is 0 Å². The Hall–Kier alpha value is -3.52. The molecule has 2 amide bonds. The summed E-state index contributed by atoms with van der Waals surface area (Å²) in [7, 11) is 0. The Morgan fingerprint density at radius 2 is 1.88 bits per heavy atom. The number of anilines is 1. The van der Waals surface area contributed by atoms with Crippen molar-refractivity contribution in [3.8, 4) is 5.82 Å². The molecule has 166 valence electrons. The Bertz CT molecular complexity index is 1070. The number of benzene rings is 1. The Labute approximate surface area is 187 Å². The molecule has 0 bridgehead atoms.